The lowest BCUT2D eigenvalue weighted by Crippen LogP contribution is -2.42. The van der Waals surface area contributed by atoms with E-state index in [-0.39, 0.29) is 12.3 Å². The number of H-pyrrole nitrogens is 1. The molecule has 0 fully saturated rings. The molecule has 0 aliphatic rings. The van der Waals surface area contributed by atoms with Crippen molar-refractivity contribution in [3.63, 3.8) is 0 Å². The molecule has 0 saturated carbocycles. The third-order valence-electron chi connectivity index (χ3n) is 4.67. The Balaban J connectivity index is 2.01. The van der Waals surface area contributed by atoms with E-state index in [1.165, 1.54) is 6.33 Å². The van der Waals surface area contributed by atoms with Gasteiger partial charge in [-0.2, -0.15) is 0 Å². The van der Waals surface area contributed by atoms with Crippen molar-refractivity contribution in [2.24, 2.45) is 0 Å². The number of carbonyl (C=O) groups excluding carboxylic acids is 1. The number of carbonyl (C=O) groups is 2. The second-order valence-electron chi connectivity index (χ2n) is 7.34. The highest BCUT2D eigenvalue weighted by Crippen LogP contribution is 2.08. The van der Waals surface area contributed by atoms with Crippen molar-refractivity contribution < 1.29 is 14.7 Å². The fraction of sp³-hybridized carbons (Fsp3) is 0.542. The van der Waals surface area contributed by atoms with E-state index in [0.717, 1.165) is 57.8 Å². The Labute approximate surface area is 180 Å². The number of allylic oxidation sites excluding steroid dienone is 6. The van der Waals surface area contributed by atoms with Crippen molar-refractivity contribution in [2.75, 3.05) is 0 Å². The average Bonchev–Trinajstić information content (AvgIpc) is 3.23. The molecular weight excluding hydrogens is 378 g/mol. The number of hydrogen-bond donors (Lipinski definition) is 3. The van der Waals surface area contributed by atoms with Crippen LogP contribution in [0.5, 0.6) is 0 Å². The standard InChI is InChI=1S/C24H37N3O3/c1-2-3-4-5-6-7-8-9-10-11-12-13-14-15-16-17-23(28)27-22(24(29)30)18-21-19-25-20-26-21/h3-4,6-7,9-10,19-20,22H,2,5,8,11-18H2,1H3,(H,25,26)(H,27,28)(H,29,30)/t22-/m0/s1. The third kappa shape index (κ3) is 13.5. The summed E-state index contributed by atoms with van der Waals surface area (Å²) in [5, 5.41) is 11.9. The molecule has 1 atom stereocenters. The van der Waals surface area contributed by atoms with Gasteiger partial charge in [0.05, 0.1) is 6.33 Å². The minimum Gasteiger partial charge on any atom is -0.480 e. The zero-order valence-electron chi connectivity index (χ0n) is 18.2. The molecule has 1 rings (SSSR count). The van der Waals surface area contributed by atoms with Crippen molar-refractivity contribution in [1.82, 2.24) is 15.3 Å². The topological polar surface area (TPSA) is 95.1 Å². The maximum absolute atomic E-state index is 12.0. The molecule has 0 unspecified atom stereocenters. The first-order valence-corrected chi connectivity index (χ1v) is 11.1. The van der Waals surface area contributed by atoms with Crippen LogP contribution >= 0.6 is 0 Å². The minimum absolute atomic E-state index is 0.205. The maximum Gasteiger partial charge on any atom is 0.326 e. The summed E-state index contributed by atoms with van der Waals surface area (Å²) >= 11 is 0. The maximum atomic E-state index is 12.0. The average molecular weight is 416 g/mol. The predicted octanol–water partition coefficient (Wildman–Crippen LogP) is 5.11. The molecule has 1 amide bonds. The smallest absolute Gasteiger partial charge is 0.326 e. The molecule has 0 aromatic carbocycles. The molecule has 0 bridgehead atoms. The Morgan fingerprint density at radius 3 is 2.37 bits per heavy atom. The fourth-order valence-corrected chi connectivity index (χ4v) is 2.99. The molecule has 0 saturated heterocycles. The van der Waals surface area contributed by atoms with E-state index in [1.54, 1.807) is 6.20 Å². The number of nitrogens with one attached hydrogen (secondary N) is 2. The summed E-state index contributed by atoms with van der Waals surface area (Å²) in [6.07, 6.45) is 26.3. The fourth-order valence-electron chi connectivity index (χ4n) is 2.99. The van der Waals surface area contributed by atoms with Crippen LogP contribution < -0.4 is 5.32 Å². The van der Waals surface area contributed by atoms with Crippen molar-refractivity contribution >= 4 is 11.9 Å². The number of carboxylic acids is 1. The Morgan fingerprint density at radius 2 is 1.70 bits per heavy atom. The van der Waals surface area contributed by atoms with Crippen LogP contribution in [-0.2, 0) is 16.0 Å². The van der Waals surface area contributed by atoms with Gasteiger partial charge in [0, 0.05) is 24.7 Å². The van der Waals surface area contributed by atoms with Crippen LogP contribution in [0.15, 0.2) is 49.0 Å². The summed E-state index contributed by atoms with van der Waals surface area (Å²) in [4.78, 5) is 30.0. The van der Waals surface area contributed by atoms with Gasteiger partial charge in [-0.25, -0.2) is 9.78 Å². The Hall–Kier alpha value is -2.63. The van der Waals surface area contributed by atoms with Crippen LogP contribution in [0, 0.1) is 0 Å². The molecule has 1 aromatic heterocycles. The first-order valence-electron chi connectivity index (χ1n) is 11.1. The predicted molar refractivity (Wildman–Crippen MR) is 121 cm³/mol. The van der Waals surface area contributed by atoms with E-state index in [1.807, 2.05) is 0 Å². The molecule has 0 aliphatic carbocycles. The van der Waals surface area contributed by atoms with Crippen molar-refractivity contribution in [3.05, 3.63) is 54.7 Å². The highest BCUT2D eigenvalue weighted by atomic mass is 16.4. The van der Waals surface area contributed by atoms with Crippen LogP contribution in [0.2, 0.25) is 0 Å². The van der Waals surface area contributed by atoms with Gasteiger partial charge in [0.1, 0.15) is 6.04 Å². The Kier molecular flexibility index (Phi) is 14.6. The van der Waals surface area contributed by atoms with Crippen LogP contribution in [0.3, 0.4) is 0 Å². The molecule has 166 valence electrons. The molecular formula is C24H37N3O3. The van der Waals surface area contributed by atoms with Gasteiger partial charge in [-0.05, 0) is 38.5 Å². The van der Waals surface area contributed by atoms with Gasteiger partial charge in [0.25, 0.3) is 0 Å². The summed E-state index contributed by atoms with van der Waals surface area (Å²) in [6, 6.07) is -0.924. The first-order chi connectivity index (χ1) is 14.6. The molecule has 0 aliphatic heterocycles. The van der Waals surface area contributed by atoms with Gasteiger partial charge in [-0.3, -0.25) is 4.79 Å². The number of aromatic amines is 1. The van der Waals surface area contributed by atoms with E-state index >= 15 is 0 Å². The summed E-state index contributed by atoms with van der Waals surface area (Å²) in [5.41, 5.74) is 0.692. The Bertz CT molecular complexity index is 663. The van der Waals surface area contributed by atoms with E-state index < -0.39 is 12.0 Å². The van der Waals surface area contributed by atoms with Crippen LogP contribution in [0.25, 0.3) is 0 Å². The summed E-state index contributed by atoms with van der Waals surface area (Å²) in [7, 11) is 0. The zero-order valence-corrected chi connectivity index (χ0v) is 18.2. The van der Waals surface area contributed by atoms with E-state index in [0.29, 0.717) is 12.1 Å². The highest BCUT2D eigenvalue weighted by Gasteiger charge is 2.20. The molecule has 30 heavy (non-hydrogen) atoms. The first kappa shape index (κ1) is 25.4. The molecule has 6 nitrogen and oxygen atoms in total. The lowest BCUT2D eigenvalue weighted by atomic mass is 10.1. The van der Waals surface area contributed by atoms with Gasteiger partial charge in [0.2, 0.25) is 5.91 Å². The molecule has 0 radical (unpaired) electrons. The number of nitrogens with zero attached hydrogens (tertiary/aromatic N) is 1. The number of aromatic nitrogens is 2. The lowest BCUT2D eigenvalue weighted by molar-refractivity contribution is -0.141. The van der Waals surface area contributed by atoms with Gasteiger partial charge < -0.3 is 15.4 Å². The van der Waals surface area contributed by atoms with Crippen molar-refractivity contribution in [3.8, 4) is 0 Å². The summed E-state index contributed by atoms with van der Waals surface area (Å²) in [6.45, 7) is 2.14. The van der Waals surface area contributed by atoms with E-state index in [2.05, 4.69) is 58.7 Å². The van der Waals surface area contributed by atoms with Gasteiger partial charge >= 0.3 is 5.97 Å². The molecule has 0 spiro atoms. The SMILES string of the molecule is CCC=CCC=CCC=CCCCCCCCC(=O)N[C@@H](Cc1cnc[nH]1)C(=O)O. The number of aliphatic carboxylic acids is 1. The Morgan fingerprint density at radius 1 is 1.03 bits per heavy atom. The monoisotopic (exact) mass is 415 g/mol. The molecule has 6 heteroatoms. The third-order valence-corrected chi connectivity index (χ3v) is 4.67. The van der Waals surface area contributed by atoms with Gasteiger partial charge in [-0.1, -0.05) is 62.6 Å². The summed E-state index contributed by atoms with van der Waals surface area (Å²) < 4.78 is 0. The van der Waals surface area contributed by atoms with Crippen LogP contribution in [-0.4, -0.2) is 33.0 Å². The van der Waals surface area contributed by atoms with Gasteiger partial charge in [0.15, 0.2) is 0 Å². The normalized spacial score (nSPS) is 12.8. The number of rotatable bonds is 17. The quantitative estimate of drug-likeness (QED) is 0.243. The van der Waals surface area contributed by atoms with E-state index in [9.17, 15) is 14.7 Å². The van der Waals surface area contributed by atoms with Crippen molar-refractivity contribution in [1.29, 1.82) is 0 Å². The lowest BCUT2D eigenvalue weighted by Gasteiger charge is -2.13. The molecule has 3 N–H and O–H groups in total. The van der Waals surface area contributed by atoms with Crippen LogP contribution in [0.4, 0.5) is 0 Å². The van der Waals surface area contributed by atoms with Crippen LogP contribution in [0.1, 0.15) is 76.8 Å². The minimum atomic E-state index is -1.03. The highest BCUT2D eigenvalue weighted by molar-refractivity contribution is 5.83. The summed E-state index contributed by atoms with van der Waals surface area (Å²) in [5.74, 6) is -1.24. The number of carboxylic acid groups (broad SMARTS) is 1. The number of imidazole rings is 1. The van der Waals surface area contributed by atoms with E-state index in [4.69, 9.17) is 0 Å². The van der Waals surface area contributed by atoms with Gasteiger partial charge in [-0.15, -0.1) is 0 Å². The number of amides is 1. The number of hydrogen-bond acceptors (Lipinski definition) is 3. The van der Waals surface area contributed by atoms with Crippen molar-refractivity contribution in [2.45, 2.75) is 83.6 Å². The molecule has 1 aromatic rings. The molecule has 1 heterocycles. The zero-order chi connectivity index (χ0) is 21.9. The second kappa shape index (κ2) is 17.2. The largest absolute Gasteiger partial charge is 0.480 e. The second-order valence-corrected chi connectivity index (χ2v) is 7.34. The number of unbranched alkanes of at least 4 members (excludes halogenated alkanes) is 5.